The summed E-state index contributed by atoms with van der Waals surface area (Å²) in [6.45, 7) is 2.21. The summed E-state index contributed by atoms with van der Waals surface area (Å²) in [5.74, 6) is 0.658. The minimum absolute atomic E-state index is 0.162. The molecule has 1 spiro atoms. The van der Waals surface area contributed by atoms with E-state index in [4.69, 9.17) is 4.74 Å². The Hall–Kier alpha value is -2.24. The minimum Gasteiger partial charge on any atom is -0.452 e. The predicted molar refractivity (Wildman–Crippen MR) is 115 cm³/mol. The van der Waals surface area contributed by atoms with Gasteiger partial charge in [-0.15, -0.1) is 11.8 Å². The van der Waals surface area contributed by atoms with Gasteiger partial charge in [-0.1, -0.05) is 42.5 Å². The van der Waals surface area contributed by atoms with Gasteiger partial charge in [-0.2, -0.15) is 0 Å². The zero-order valence-corrected chi connectivity index (χ0v) is 17.3. The van der Waals surface area contributed by atoms with E-state index in [0.717, 1.165) is 30.9 Å². The summed E-state index contributed by atoms with van der Waals surface area (Å²) in [6, 6.07) is 19.6. The molecule has 2 fully saturated rings. The average Bonchev–Trinajstić information content (AvgIpc) is 3.41. The van der Waals surface area contributed by atoms with Gasteiger partial charge >= 0.3 is 6.09 Å². The second kappa shape index (κ2) is 6.38. The quantitative estimate of drug-likeness (QED) is 0.729. The third kappa shape index (κ3) is 2.23. The van der Waals surface area contributed by atoms with Gasteiger partial charge in [-0.05, 0) is 49.1 Å². The highest BCUT2D eigenvalue weighted by Crippen LogP contribution is 2.64. The van der Waals surface area contributed by atoms with E-state index in [1.807, 2.05) is 22.7 Å². The number of carbonyl (C=O) groups is 1. The maximum absolute atomic E-state index is 12.9. The molecule has 0 aromatic heterocycles. The number of hydrogen-bond donors (Lipinski definition) is 0. The molecule has 6 rings (SSSR count). The lowest BCUT2D eigenvalue weighted by Crippen LogP contribution is -2.51. The summed E-state index contributed by atoms with van der Waals surface area (Å²) in [5, 5.41) is 0.361. The maximum atomic E-state index is 12.9. The standard InChI is InChI=1S/C24H24N2O2S/c1-28-23(27)26-19-10-6-5-9-18(19)24-20(26)12-11-16-13-14-25(22(16)24)15-21(24)29-17-7-3-2-4-8-17/h2-10,12,16,21-22H,11,13-15H2,1H3/t16-,21?,22+,24+/m0/s1. The van der Waals surface area contributed by atoms with Crippen molar-refractivity contribution in [2.45, 2.75) is 34.4 Å². The topological polar surface area (TPSA) is 32.8 Å². The van der Waals surface area contributed by atoms with Crippen LogP contribution in [0.15, 0.2) is 71.3 Å². The molecule has 0 radical (unpaired) electrons. The van der Waals surface area contributed by atoms with Crippen molar-refractivity contribution in [3.8, 4) is 0 Å². The Morgan fingerprint density at radius 2 is 1.93 bits per heavy atom. The number of thioether (sulfide) groups is 1. The smallest absolute Gasteiger partial charge is 0.418 e. The molecular weight excluding hydrogens is 380 g/mol. The van der Waals surface area contributed by atoms with Gasteiger partial charge in [0.15, 0.2) is 0 Å². The molecule has 3 heterocycles. The van der Waals surface area contributed by atoms with Crippen molar-refractivity contribution in [1.29, 1.82) is 0 Å². The molecule has 29 heavy (non-hydrogen) atoms. The van der Waals surface area contributed by atoms with Gasteiger partial charge in [0.2, 0.25) is 0 Å². The van der Waals surface area contributed by atoms with Crippen LogP contribution in [0.1, 0.15) is 18.4 Å². The first kappa shape index (κ1) is 17.6. The Morgan fingerprint density at radius 3 is 2.76 bits per heavy atom. The van der Waals surface area contributed by atoms with Crippen LogP contribution in [0.5, 0.6) is 0 Å². The first-order chi connectivity index (χ1) is 14.2. The summed E-state index contributed by atoms with van der Waals surface area (Å²) >= 11 is 1.97. The second-order valence-electron chi connectivity index (χ2n) is 8.42. The largest absolute Gasteiger partial charge is 0.452 e. The molecule has 1 unspecified atom stereocenters. The van der Waals surface area contributed by atoms with Gasteiger partial charge in [0.25, 0.3) is 0 Å². The Morgan fingerprint density at radius 1 is 1.14 bits per heavy atom. The molecule has 1 amide bonds. The highest BCUT2D eigenvalue weighted by molar-refractivity contribution is 8.00. The lowest BCUT2D eigenvalue weighted by Gasteiger charge is -2.43. The summed E-state index contributed by atoms with van der Waals surface area (Å²) in [6.07, 6.45) is 4.35. The summed E-state index contributed by atoms with van der Waals surface area (Å²) < 4.78 is 5.23. The van der Waals surface area contributed by atoms with E-state index in [0.29, 0.717) is 17.2 Å². The average molecular weight is 405 g/mol. The number of nitrogens with zero attached hydrogens (tertiary/aromatic N) is 2. The number of methoxy groups -OCH3 is 1. The maximum Gasteiger partial charge on any atom is 0.418 e. The Bertz CT molecular complexity index is 1010. The number of fused-ring (bicyclic) bond motifs is 1. The predicted octanol–water partition coefficient (Wildman–Crippen LogP) is 4.66. The van der Waals surface area contributed by atoms with Crippen molar-refractivity contribution < 1.29 is 9.53 Å². The zero-order valence-electron chi connectivity index (χ0n) is 16.5. The van der Waals surface area contributed by atoms with Crippen LogP contribution in [0.25, 0.3) is 0 Å². The van der Waals surface area contributed by atoms with E-state index in [1.165, 1.54) is 24.0 Å². The fraction of sp³-hybridized carbons (Fsp3) is 0.375. The van der Waals surface area contributed by atoms with E-state index in [9.17, 15) is 4.79 Å². The monoisotopic (exact) mass is 404 g/mol. The van der Waals surface area contributed by atoms with Gasteiger partial charge in [0.1, 0.15) is 0 Å². The molecule has 0 N–H and O–H groups in total. The van der Waals surface area contributed by atoms with Crippen LogP contribution in [-0.4, -0.2) is 42.5 Å². The molecule has 3 aliphatic heterocycles. The fourth-order valence-corrected chi connectivity index (χ4v) is 7.79. The molecule has 1 aliphatic carbocycles. The number of rotatable bonds is 2. The van der Waals surface area contributed by atoms with E-state index >= 15 is 0 Å². The number of benzene rings is 2. The molecule has 2 aromatic rings. The van der Waals surface area contributed by atoms with Crippen LogP contribution in [0.2, 0.25) is 0 Å². The van der Waals surface area contributed by atoms with Crippen LogP contribution in [0.3, 0.4) is 0 Å². The third-order valence-electron chi connectivity index (χ3n) is 7.25. The number of anilines is 1. The van der Waals surface area contributed by atoms with Crippen LogP contribution in [-0.2, 0) is 10.2 Å². The third-order valence-corrected chi connectivity index (χ3v) is 8.60. The second-order valence-corrected chi connectivity index (χ2v) is 9.70. The molecule has 4 aliphatic rings. The molecule has 148 valence electrons. The van der Waals surface area contributed by atoms with Gasteiger partial charge in [-0.25, -0.2) is 9.69 Å². The minimum atomic E-state index is -0.279. The van der Waals surface area contributed by atoms with Crippen molar-refractivity contribution >= 4 is 23.5 Å². The van der Waals surface area contributed by atoms with Crippen LogP contribution in [0, 0.1) is 5.92 Å². The lowest BCUT2D eigenvalue weighted by atomic mass is 9.65. The molecule has 5 heteroatoms. The molecule has 4 atom stereocenters. The highest BCUT2D eigenvalue weighted by Gasteiger charge is 2.67. The van der Waals surface area contributed by atoms with Crippen LogP contribution in [0.4, 0.5) is 10.5 Å². The van der Waals surface area contributed by atoms with E-state index < -0.39 is 0 Å². The number of amides is 1. The van der Waals surface area contributed by atoms with Crippen LogP contribution < -0.4 is 4.90 Å². The van der Waals surface area contributed by atoms with Gasteiger partial charge in [0, 0.05) is 28.4 Å². The van der Waals surface area contributed by atoms with E-state index in [-0.39, 0.29) is 11.5 Å². The van der Waals surface area contributed by atoms with Crippen molar-refractivity contribution in [1.82, 2.24) is 4.90 Å². The summed E-state index contributed by atoms with van der Waals surface area (Å²) in [7, 11) is 1.48. The normalized spacial score (nSPS) is 31.8. The fourth-order valence-electron chi connectivity index (χ4n) is 6.31. The van der Waals surface area contributed by atoms with Crippen molar-refractivity contribution in [3.05, 3.63) is 71.9 Å². The number of ether oxygens (including phenoxy) is 1. The molecule has 2 aromatic carbocycles. The summed E-state index contributed by atoms with van der Waals surface area (Å²) in [4.78, 5) is 18.7. The molecular formula is C24H24N2O2S. The van der Waals surface area contributed by atoms with Gasteiger partial charge < -0.3 is 4.74 Å². The number of para-hydroxylation sites is 1. The van der Waals surface area contributed by atoms with Crippen molar-refractivity contribution in [2.75, 3.05) is 25.1 Å². The first-order valence-electron chi connectivity index (χ1n) is 10.4. The first-order valence-corrected chi connectivity index (χ1v) is 11.3. The lowest BCUT2D eigenvalue weighted by molar-refractivity contribution is 0.178. The number of allylic oxidation sites excluding steroid dienone is 1. The van der Waals surface area contributed by atoms with Crippen LogP contribution >= 0.6 is 11.8 Å². The summed E-state index contributed by atoms with van der Waals surface area (Å²) in [5.41, 5.74) is 3.28. The zero-order chi connectivity index (χ0) is 19.6. The number of carbonyl (C=O) groups excluding carboxylic acids is 1. The molecule has 0 bridgehead atoms. The SMILES string of the molecule is COC(=O)N1C2=CC[C@H]3CCN4CC(Sc5ccccc5)[C@]2(c2ccccc21)[C@@H]34. The Kier molecular flexibility index (Phi) is 3.87. The van der Waals surface area contributed by atoms with E-state index in [2.05, 4.69) is 59.5 Å². The van der Waals surface area contributed by atoms with Gasteiger partial charge in [-0.3, -0.25) is 4.90 Å². The number of hydrogen-bond acceptors (Lipinski definition) is 4. The van der Waals surface area contributed by atoms with Gasteiger partial charge in [0.05, 0.1) is 18.2 Å². The molecule has 2 saturated heterocycles. The Labute approximate surface area is 175 Å². The van der Waals surface area contributed by atoms with Crippen molar-refractivity contribution in [3.63, 3.8) is 0 Å². The molecule has 0 saturated carbocycles. The van der Waals surface area contributed by atoms with E-state index in [1.54, 1.807) is 0 Å². The highest BCUT2D eigenvalue weighted by atomic mass is 32.2. The molecule has 4 nitrogen and oxygen atoms in total. The van der Waals surface area contributed by atoms with Crippen molar-refractivity contribution in [2.24, 2.45) is 5.92 Å². The Balaban J connectivity index is 1.57.